The molecule has 2 heterocycles. The van der Waals surface area contributed by atoms with Crippen LogP contribution in [0, 0.1) is 5.92 Å². The summed E-state index contributed by atoms with van der Waals surface area (Å²) >= 11 is 0. The Morgan fingerprint density at radius 3 is 2.50 bits per heavy atom. The molecule has 1 aliphatic carbocycles. The maximum atomic E-state index is 11.8. The number of sulfone groups is 1. The third-order valence-electron chi connectivity index (χ3n) is 5.99. The van der Waals surface area contributed by atoms with E-state index in [9.17, 15) is 8.42 Å². The number of benzene rings is 1. The van der Waals surface area contributed by atoms with Gasteiger partial charge in [-0.05, 0) is 55.7 Å². The molecule has 1 aromatic heterocycles. The van der Waals surface area contributed by atoms with Crippen LogP contribution < -0.4 is 0 Å². The van der Waals surface area contributed by atoms with E-state index in [2.05, 4.69) is 49.1 Å². The monoisotopic (exact) mass is 424 g/mol. The van der Waals surface area contributed by atoms with E-state index in [4.69, 9.17) is 5.10 Å². The highest BCUT2D eigenvalue weighted by molar-refractivity contribution is 7.90. The molecule has 0 radical (unpaired) electrons. The van der Waals surface area contributed by atoms with Crippen LogP contribution in [0.15, 0.2) is 64.8 Å². The predicted octanol–water partition coefficient (Wildman–Crippen LogP) is 4.09. The van der Waals surface area contributed by atoms with Crippen molar-refractivity contribution in [3.63, 3.8) is 0 Å². The molecule has 2 aliphatic rings. The molecule has 1 aromatic carbocycles. The summed E-state index contributed by atoms with van der Waals surface area (Å²) < 4.78 is 25.4. The Morgan fingerprint density at radius 2 is 1.87 bits per heavy atom. The van der Waals surface area contributed by atoms with Crippen molar-refractivity contribution in [3.8, 4) is 5.69 Å². The van der Waals surface area contributed by atoms with Gasteiger partial charge >= 0.3 is 0 Å². The highest BCUT2D eigenvalue weighted by Gasteiger charge is 2.37. The average molecular weight is 425 g/mol. The molecule has 0 spiro atoms. The van der Waals surface area contributed by atoms with E-state index in [0.29, 0.717) is 16.9 Å². The van der Waals surface area contributed by atoms with Crippen molar-refractivity contribution < 1.29 is 8.42 Å². The van der Waals surface area contributed by atoms with Crippen LogP contribution in [0.25, 0.3) is 11.3 Å². The van der Waals surface area contributed by atoms with Crippen LogP contribution >= 0.6 is 0 Å². The lowest BCUT2D eigenvalue weighted by molar-refractivity contribution is 0.183. The second kappa shape index (κ2) is 7.87. The second-order valence-electron chi connectivity index (χ2n) is 7.97. The highest BCUT2D eigenvalue weighted by Crippen LogP contribution is 2.35. The van der Waals surface area contributed by atoms with E-state index in [-0.39, 0.29) is 6.04 Å². The highest BCUT2D eigenvalue weighted by atomic mass is 32.2. The Bertz CT molecular complexity index is 1130. The van der Waals surface area contributed by atoms with Gasteiger partial charge in [0.05, 0.1) is 28.5 Å². The van der Waals surface area contributed by atoms with E-state index in [0.717, 1.165) is 29.8 Å². The summed E-state index contributed by atoms with van der Waals surface area (Å²) in [5.41, 5.74) is 4.14. The first-order valence-electron chi connectivity index (χ1n) is 10.4. The normalized spacial score (nSPS) is 21.9. The molecule has 158 valence electrons. The van der Waals surface area contributed by atoms with Gasteiger partial charge in [0, 0.05) is 23.9 Å². The number of hydrazone groups is 1. The van der Waals surface area contributed by atoms with Gasteiger partial charge < -0.3 is 0 Å². The average Bonchev–Trinajstić information content (AvgIpc) is 3.37. The predicted molar refractivity (Wildman–Crippen MR) is 120 cm³/mol. The van der Waals surface area contributed by atoms with Crippen LogP contribution in [0.2, 0.25) is 0 Å². The largest absolute Gasteiger partial charge is 0.286 e. The molecule has 0 bridgehead atoms. The third-order valence-corrected chi connectivity index (χ3v) is 7.12. The molecule has 7 heteroatoms. The molecule has 0 saturated heterocycles. The minimum Gasteiger partial charge on any atom is -0.286 e. The van der Waals surface area contributed by atoms with Crippen LogP contribution in [0.3, 0.4) is 0 Å². The zero-order chi connectivity index (χ0) is 21.5. The SMILES string of the molecule is CCC1=NN(C(C)CC)C2C=C(c3ccnn3-c3ccc(S(C)(=O)=O)cc3)C=CC12. The fourth-order valence-electron chi connectivity index (χ4n) is 4.11. The quantitative estimate of drug-likeness (QED) is 0.700. The Morgan fingerprint density at radius 1 is 1.13 bits per heavy atom. The summed E-state index contributed by atoms with van der Waals surface area (Å²) in [6.45, 7) is 6.58. The van der Waals surface area contributed by atoms with Crippen LogP contribution in [0.5, 0.6) is 0 Å². The summed E-state index contributed by atoms with van der Waals surface area (Å²) in [4.78, 5) is 0.305. The Kier molecular flexibility index (Phi) is 5.40. The van der Waals surface area contributed by atoms with Gasteiger partial charge in [0.1, 0.15) is 0 Å². The van der Waals surface area contributed by atoms with Crippen LogP contribution in [0.4, 0.5) is 0 Å². The fourth-order valence-corrected chi connectivity index (χ4v) is 4.74. The molecule has 30 heavy (non-hydrogen) atoms. The molecule has 2 aromatic rings. The maximum absolute atomic E-state index is 11.8. The fraction of sp³-hybridized carbons (Fsp3) is 0.391. The molecule has 0 saturated carbocycles. The zero-order valence-corrected chi connectivity index (χ0v) is 18.7. The van der Waals surface area contributed by atoms with Gasteiger partial charge in [0.2, 0.25) is 0 Å². The van der Waals surface area contributed by atoms with Crippen molar-refractivity contribution in [2.24, 2.45) is 11.0 Å². The van der Waals surface area contributed by atoms with E-state index < -0.39 is 9.84 Å². The Labute approximate surface area is 178 Å². The topological polar surface area (TPSA) is 67.6 Å². The van der Waals surface area contributed by atoms with Crippen molar-refractivity contribution >= 4 is 21.1 Å². The summed E-state index contributed by atoms with van der Waals surface area (Å²) in [5, 5.41) is 11.7. The third kappa shape index (κ3) is 3.62. The van der Waals surface area contributed by atoms with Gasteiger partial charge in [-0.2, -0.15) is 10.2 Å². The van der Waals surface area contributed by atoms with E-state index in [1.165, 1.54) is 12.0 Å². The number of hydrogen-bond acceptors (Lipinski definition) is 5. The molecule has 0 N–H and O–H groups in total. The van der Waals surface area contributed by atoms with E-state index >= 15 is 0 Å². The first-order valence-corrected chi connectivity index (χ1v) is 12.3. The number of allylic oxidation sites excluding steroid dienone is 2. The van der Waals surface area contributed by atoms with Gasteiger partial charge in [0.15, 0.2) is 9.84 Å². The lowest BCUT2D eigenvalue weighted by Gasteiger charge is -2.31. The molecule has 0 amide bonds. The molecular formula is C23H28N4O2S. The molecule has 3 unspecified atom stereocenters. The molecular weight excluding hydrogens is 396 g/mol. The van der Waals surface area contributed by atoms with E-state index in [1.54, 1.807) is 30.5 Å². The molecule has 1 aliphatic heterocycles. The number of aromatic nitrogens is 2. The van der Waals surface area contributed by atoms with Crippen molar-refractivity contribution in [2.45, 2.75) is 50.6 Å². The van der Waals surface area contributed by atoms with Gasteiger partial charge in [-0.3, -0.25) is 5.01 Å². The standard InChI is InChI=1S/C23H28N4O2S/c1-5-16(3)26-23-15-17(7-12-20(23)21(6-2)25-26)22-13-14-24-27(22)18-8-10-19(11-9-18)30(4,28)29/h7-16,20,23H,5-6H2,1-4H3. The molecule has 4 rings (SSSR count). The van der Waals surface area contributed by atoms with Crippen molar-refractivity contribution in [1.29, 1.82) is 0 Å². The van der Waals surface area contributed by atoms with Crippen LogP contribution in [0.1, 0.15) is 39.3 Å². The number of fused-ring (bicyclic) bond motifs is 1. The Balaban J connectivity index is 1.68. The summed E-state index contributed by atoms with van der Waals surface area (Å²) in [5.74, 6) is 0.318. The number of hydrogen-bond donors (Lipinski definition) is 0. The molecule has 0 fully saturated rings. The Hall–Kier alpha value is -2.67. The van der Waals surface area contributed by atoms with Crippen molar-refractivity contribution in [3.05, 3.63) is 60.5 Å². The zero-order valence-electron chi connectivity index (χ0n) is 17.9. The first kappa shape index (κ1) is 20.6. The van der Waals surface area contributed by atoms with Gasteiger partial charge in [0.25, 0.3) is 0 Å². The number of rotatable bonds is 6. The molecule has 6 nitrogen and oxygen atoms in total. The van der Waals surface area contributed by atoms with Gasteiger partial charge in [-0.15, -0.1) is 0 Å². The van der Waals surface area contributed by atoms with Gasteiger partial charge in [-0.25, -0.2) is 13.1 Å². The number of nitrogens with zero attached hydrogens (tertiary/aromatic N) is 4. The maximum Gasteiger partial charge on any atom is 0.175 e. The van der Waals surface area contributed by atoms with Crippen LogP contribution in [-0.2, 0) is 9.84 Å². The smallest absolute Gasteiger partial charge is 0.175 e. The molecule has 3 atom stereocenters. The summed E-state index contributed by atoms with van der Waals surface area (Å²) in [7, 11) is -3.22. The van der Waals surface area contributed by atoms with Crippen molar-refractivity contribution in [1.82, 2.24) is 14.8 Å². The first-order chi connectivity index (χ1) is 14.3. The van der Waals surface area contributed by atoms with Crippen LogP contribution in [-0.4, -0.2) is 47.3 Å². The lowest BCUT2D eigenvalue weighted by atomic mass is 9.86. The minimum absolute atomic E-state index is 0.214. The van der Waals surface area contributed by atoms with Crippen molar-refractivity contribution in [2.75, 3.05) is 6.26 Å². The second-order valence-corrected chi connectivity index (χ2v) is 9.99. The summed E-state index contributed by atoms with van der Waals surface area (Å²) in [6, 6.07) is 9.42. The van der Waals surface area contributed by atoms with E-state index in [1.807, 2.05) is 10.7 Å². The van der Waals surface area contributed by atoms with Gasteiger partial charge in [-0.1, -0.05) is 32.1 Å². The lowest BCUT2D eigenvalue weighted by Crippen LogP contribution is -2.37. The summed E-state index contributed by atoms with van der Waals surface area (Å²) in [6.07, 6.45) is 11.7. The minimum atomic E-state index is -3.22.